The number of halogens is 1. The molecule has 0 aliphatic heterocycles. The van der Waals surface area contributed by atoms with Gasteiger partial charge in [0.15, 0.2) is 0 Å². The Morgan fingerprint density at radius 3 is 2.73 bits per heavy atom. The number of carboxylic acids is 1. The Labute approximate surface area is 98.6 Å². The molecule has 0 saturated heterocycles. The van der Waals surface area contributed by atoms with Crippen LogP contribution in [0.3, 0.4) is 0 Å². The van der Waals surface area contributed by atoms with E-state index in [4.69, 9.17) is 16.7 Å². The summed E-state index contributed by atoms with van der Waals surface area (Å²) in [7, 11) is 0. The Balaban J connectivity index is 2.74. The molecule has 0 amide bonds. The second-order valence-corrected chi connectivity index (χ2v) is 4.82. The lowest BCUT2D eigenvalue weighted by atomic mass is 10.2. The van der Waals surface area contributed by atoms with Gasteiger partial charge in [0.2, 0.25) is 0 Å². The van der Waals surface area contributed by atoms with Gasteiger partial charge in [-0.2, -0.15) is 0 Å². The highest BCUT2D eigenvalue weighted by molar-refractivity contribution is 8.00. The van der Waals surface area contributed by atoms with Gasteiger partial charge in [0.05, 0.1) is 5.02 Å². The SMILES string of the molecule is CCCC(Sc1ccccc1Cl)C(=O)O. The van der Waals surface area contributed by atoms with Crippen molar-refractivity contribution >= 4 is 29.3 Å². The van der Waals surface area contributed by atoms with E-state index in [0.717, 1.165) is 11.3 Å². The molecule has 0 heterocycles. The minimum absolute atomic E-state index is 0.408. The fourth-order valence-electron chi connectivity index (χ4n) is 1.19. The number of carboxylic acid groups (broad SMARTS) is 1. The number of carbonyl (C=O) groups is 1. The van der Waals surface area contributed by atoms with Gasteiger partial charge in [0.1, 0.15) is 5.25 Å². The first kappa shape index (κ1) is 12.4. The lowest BCUT2D eigenvalue weighted by Gasteiger charge is -2.11. The summed E-state index contributed by atoms with van der Waals surface area (Å²) in [5.41, 5.74) is 0. The quantitative estimate of drug-likeness (QED) is 0.803. The first-order chi connectivity index (χ1) is 7.15. The van der Waals surface area contributed by atoms with Crippen LogP contribution in [0.5, 0.6) is 0 Å². The van der Waals surface area contributed by atoms with Crippen molar-refractivity contribution in [3.8, 4) is 0 Å². The van der Waals surface area contributed by atoms with E-state index >= 15 is 0 Å². The molecule has 0 aromatic heterocycles. The van der Waals surface area contributed by atoms with Gasteiger partial charge in [-0.25, -0.2) is 0 Å². The van der Waals surface area contributed by atoms with Gasteiger partial charge in [0, 0.05) is 4.90 Å². The lowest BCUT2D eigenvalue weighted by Crippen LogP contribution is -2.15. The smallest absolute Gasteiger partial charge is 0.316 e. The van der Waals surface area contributed by atoms with Crippen molar-refractivity contribution in [2.75, 3.05) is 0 Å². The molecule has 0 saturated carbocycles. The minimum Gasteiger partial charge on any atom is -0.480 e. The summed E-state index contributed by atoms with van der Waals surface area (Å²) < 4.78 is 0. The predicted molar refractivity (Wildman–Crippen MR) is 63.6 cm³/mol. The molecule has 1 atom stereocenters. The maximum atomic E-state index is 10.9. The molecule has 4 heteroatoms. The van der Waals surface area contributed by atoms with E-state index in [1.807, 2.05) is 25.1 Å². The first-order valence-electron chi connectivity index (χ1n) is 4.79. The number of benzene rings is 1. The van der Waals surface area contributed by atoms with E-state index in [0.29, 0.717) is 11.4 Å². The predicted octanol–water partition coefficient (Wildman–Crippen LogP) is 3.69. The van der Waals surface area contributed by atoms with Crippen molar-refractivity contribution in [1.82, 2.24) is 0 Å². The third kappa shape index (κ3) is 3.76. The van der Waals surface area contributed by atoms with Crippen molar-refractivity contribution in [3.05, 3.63) is 29.3 Å². The van der Waals surface area contributed by atoms with Crippen LogP contribution in [-0.2, 0) is 4.79 Å². The van der Waals surface area contributed by atoms with Crippen molar-refractivity contribution in [2.24, 2.45) is 0 Å². The van der Waals surface area contributed by atoms with E-state index in [2.05, 4.69) is 0 Å². The third-order valence-electron chi connectivity index (χ3n) is 1.93. The van der Waals surface area contributed by atoms with Gasteiger partial charge in [-0.1, -0.05) is 37.1 Å². The minimum atomic E-state index is -0.776. The van der Waals surface area contributed by atoms with Crippen LogP contribution >= 0.6 is 23.4 Å². The van der Waals surface area contributed by atoms with Gasteiger partial charge in [-0.3, -0.25) is 4.79 Å². The van der Waals surface area contributed by atoms with Crippen LogP contribution in [0, 0.1) is 0 Å². The number of aliphatic carboxylic acids is 1. The molecule has 1 aromatic rings. The topological polar surface area (TPSA) is 37.3 Å². The van der Waals surface area contributed by atoms with Crippen LogP contribution in [0.1, 0.15) is 19.8 Å². The first-order valence-corrected chi connectivity index (χ1v) is 6.05. The number of thioether (sulfide) groups is 1. The Morgan fingerprint density at radius 2 is 2.20 bits per heavy atom. The van der Waals surface area contributed by atoms with Crippen LogP contribution in [0.4, 0.5) is 0 Å². The summed E-state index contributed by atoms with van der Waals surface area (Å²) in [5.74, 6) is -0.776. The normalized spacial score (nSPS) is 12.4. The fourth-order valence-corrected chi connectivity index (χ4v) is 2.56. The van der Waals surface area contributed by atoms with Crippen LogP contribution in [0.15, 0.2) is 29.2 Å². The van der Waals surface area contributed by atoms with Crippen molar-refractivity contribution in [3.63, 3.8) is 0 Å². The monoisotopic (exact) mass is 244 g/mol. The molecule has 2 nitrogen and oxygen atoms in total. The van der Waals surface area contributed by atoms with E-state index in [-0.39, 0.29) is 0 Å². The van der Waals surface area contributed by atoms with E-state index in [9.17, 15) is 4.79 Å². The molecule has 1 aromatic carbocycles. The highest BCUT2D eigenvalue weighted by Gasteiger charge is 2.18. The van der Waals surface area contributed by atoms with Crippen LogP contribution in [0.25, 0.3) is 0 Å². The average molecular weight is 245 g/mol. The number of hydrogen-bond acceptors (Lipinski definition) is 2. The third-order valence-corrected chi connectivity index (χ3v) is 3.71. The van der Waals surface area contributed by atoms with E-state index in [1.54, 1.807) is 6.07 Å². The molecule has 1 unspecified atom stereocenters. The molecule has 0 radical (unpaired) electrons. The zero-order chi connectivity index (χ0) is 11.3. The summed E-state index contributed by atoms with van der Waals surface area (Å²) in [6, 6.07) is 7.31. The molecular formula is C11H13ClO2S. The van der Waals surface area contributed by atoms with Crippen LogP contribution < -0.4 is 0 Å². The highest BCUT2D eigenvalue weighted by Crippen LogP contribution is 2.31. The van der Waals surface area contributed by atoms with Crippen molar-refractivity contribution in [1.29, 1.82) is 0 Å². The summed E-state index contributed by atoms with van der Waals surface area (Å²) in [5, 5.41) is 9.20. The lowest BCUT2D eigenvalue weighted by molar-refractivity contribution is -0.136. The summed E-state index contributed by atoms with van der Waals surface area (Å²) in [6.45, 7) is 1.98. The van der Waals surface area contributed by atoms with Gasteiger partial charge >= 0.3 is 5.97 Å². The van der Waals surface area contributed by atoms with Gasteiger partial charge in [-0.15, -0.1) is 11.8 Å². The van der Waals surface area contributed by atoms with E-state index < -0.39 is 11.2 Å². The Morgan fingerprint density at radius 1 is 1.53 bits per heavy atom. The van der Waals surface area contributed by atoms with Crippen molar-refractivity contribution < 1.29 is 9.90 Å². The summed E-state index contributed by atoms with van der Waals surface area (Å²) in [6.07, 6.45) is 1.51. The zero-order valence-corrected chi connectivity index (χ0v) is 10.0. The number of hydrogen-bond donors (Lipinski definition) is 1. The molecular weight excluding hydrogens is 232 g/mol. The maximum Gasteiger partial charge on any atom is 0.316 e. The molecule has 15 heavy (non-hydrogen) atoms. The number of rotatable bonds is 5. The Bertz CT molecular complexity index is 341. The van der Waals surface area contributed by atoms with Gasteiger partial charge < -0.3 is 5.11 Å². The molecule has 0 aliphatic carbocycles. The van der Waals surface area contributed by atoms with Crippen molar-refractivity contribution in [2.45, 2.75) is 29.9 Å². The Kier molecular flexibility index (Phi) is 4.99. The molecule has 82 valence electrons. The standard InChI is InChI=1S/C11H13ClO2S/c1-2-5-10(11(13)14)15-9-7-4-3-6-8(9)12/h3-4,6-7,10H,2,5H2,1H3,(H,13,14). The van der Waals surface area contributed by atoms with Crippen LogP contribution in [0.2, 0.25) is 5.02 Å². The Hall–Kier alpha value is -0.670. The maximum absolute atomic E-state index is 10.9. The largest absolute Gasteiger partial charge is 0.480 e. The molecule has 0 bridgehead atoms. The van der Waals surface area contributed by atoms with E-state index in [1.165, 1.54) is 11.8 Å². The second-order valence-electron chi connectivity index (χ2n) is 3.16. The molecule has 1 N–H and O–H groups in total. The average Bonchev–Trinajstić information content (AvgIpc) is 2.20. The fraction of sp³-hybridized carbons (Fsp3) is 0.364. The van der Waals surface area contributed by atoms with Crippen LogP contribution in [-0.4, -0.2) is 16.3 Å². The molecule has 1 rings (SSSR count). The molecule has 0 spiro atoms. The van der Waals surface area contributed by atoms with Gasteiger partial charge in [0.25, 0.3) is 0 Å². The highest BCUT2D eigenvalue weighted by atomic mass is 35.5. The summed E-state index contributed by atoms with van der Waals surface area (Å²) >= 11 is 7.28. The van der Waals surface area contributed by atoms with Gasteiger partial charge in [-0.05, 0) is 18.6 Å². The zero-order valence-electron chi connectivity index (χ0n) is 8.44. The molecule has 0 aliphatic rings. The second kappa shape index (κ2) is 6.03. The summed E-state index contributed by atoms with van der Waals surface area (Å²) in [4.78, 5) is 11.8. The molecule has 0 fully saturated rings.